The average Bonchev–Trinajstić information content (AvgIpc) is 2.26. The number of nitrogens with two attached hydrogens (primary N) is 1. The van der Waals surface area contributed by atoms with Gasteiger partial charge in [0.15, 0.2) is 0 Å². The van der Waals surface area contributed by atoms with Crippen LogP contribution < -0.4 is 15.8 Å². The number of halogens is 1. The van der Waals surface area contributed by atoms with Crippen LogP contribution in [-0.2, 0) is 0 Å². The Labute approximate surface area is 97.5 Å². The van der Waals surface area contributed by atoms with Gasteiger partial charge >= 0.3 is 0 Å². The summed E-state index contributed by atoms with van der Waals surface area (Å²) in [6.07, 6.45) is 0. The summed E-state index contributed by atoms with van der Waals surface area (Å²) in [6.45, 7) is 0.748. The van der Waals surface area contributed by atoms with Gasteiger partial charge in [0.2, 0.25) is 0 Å². The molecule has 0 spiro atoms. The summed E-state index contributed by atoms with van der Waals surface area (Å²) in [7, 11) is 1.44. The van der Waals surface area contributed by atoms with Crippen molar-refractivity contribution in [2.45, 2.75) is 0 Å². The highest BCUT2D eigenvalue weighted by Crippen LogP contribution is 2.38. The lowest BCUT2D eigenvalue weighted by molar-refractivity contribution is -0.384. The first kappa shape index (κ1) is 12.5. The molecule has 3 N–H and O–H groups in total. The van der Waals surface area contributed by atoms with Crippen LogP contribution in [0.4, 0.5) is 11.4 Å². The second kappa shape index (κ2) is 5.53. The van der Waals surface area contributed by atoms with Gasteiger partial charge in [0.05, 0.1) is 12.0 Å². The molecule has 0 unspecified atom stereocenters. The molecule has 0 aliphatic rings. The summed E-state index contributed by atoms with van der Waals surface area (Å²) in [4.78, 5) is 10.3. The van der Waals surface area contributed by atoms with Crippen molar-refractivity contribution in [2.24, 2.45) is 5.73 Å². The molecule has 0 amide bonds. The maximum Gasteiger partial charge on any atom is 0.294 e. The number of ether oxygens (including phenoxy) is 1. The molecular weight excluding hydrogens is 234 g/mol. The number of rotatable bonds is 5. The molecule has 0 fully saturated rings. The van der Waals surface area contributed by atoms with Crippen LogP contribution in [0.15, 0.2) is 12.1 Å². The molecule has 0 radical (unpaired) electrons. The van der Waals surface area contributed by atoms with E-state index < -0.39 is 4.92 Å². The van der Waals surface area contributed by atoms with E-state index in [-0.39, 0.29) is 16.4 Å². The Kier molecular flexibility index (Phi) is 4.33. The monoisotopic (exact) mass is 245 g/mol. The van der Waals surface area contributed by atoms with Crippen LogP contribution in [-0.4, -0.2) is 25.1 Å². The molecular formula is C9H12ClN3O3. The van der Waals surface area contributed by atoms with Crippen LogP contribution in [0.1, 0.15) is 0 Å². The van der Waals surface area contributed by atoms with Gasteiger partial charge in [-0.25, -0.2) is 0 Å². The lowest BCUT2D eigenvalue weighted by atomic mass is 10.2. The molecule has 0 heterocycles. The van der Waals surface area contributed by atoms with Crippen molar-refractivity contribution in [1.29, 1.82) is 0 Å². The van der Waals surface area contributed by atoms with Crippen molar-refractivity contribution < 1.29 is 9.66 Å². The topological polar surface area (TPSA) is 90.4 Å². The highest BCUT2D eigenvalue weighted by molar-refractivity contribution is 6.35. The Morgan fingerprint density at radius 3 is 2.81 bits per heavy atom. The Balaban J connectivity index is 3.19. The van der Waals surface area contributed by atoms with E-state index in [1.54, 1.807) is 0 Å². The Morgan fingerprint density at radius 2 is 2.31 bits per heavy atom. The number of hydrogen-bond acceptors (Lipinski definition) is 5. The summed E-state index contributed by atoms with van der Waals surface area (Å²) in [5, 5.41) is 13.8. The number of hydrogen-bond donors (Lipinski definition) is 2. The molecule has 0 atom stereocenters. The van der Waals surface area contributed by atoms with E-state index in [4.69, 9.17) is 22.1 Å². The zero-order valence-corrected chi connectivity index (χ0v) is 9.45. The van der Waals surface area contributed by atoms with E-state index in [2.05, 4.69) is 5.32 Å². The van der Waals surface area contributed by atoms with E-state index in [0.29, 0.717) is 18.8 Å². The minimum Gasteiger partial charge on any atom is -0.495 e. The van der Waals surface area contributed by atoms with E-state index in [0.717, 1.165) is 0 Å². The summed E-state index contributed by atoms with van der Waals surface area (Å²) in [5.74, 6) is 0.381. The smallest absolute Gasteiger partial charge is 0.294 e. The molecule has 0 saturated heterocycles. The van der Waals surface area contributed by atoms with Crippen LogP contribution in [0.5, 0.6) is 5.75 Å². The Bertz CT molecular complexity index is 398. The second-order valence-electron chi connectivity index (χ2n) is 2.95. The molecule has 0 aromatic heterocycles. The summed E-state index contributed by atoms with van der Waals surface area (Å²) in [6, 6.07) is 2.79. The SMILES string of the molecule is COc1ccc([N+](=O)[O-])c(NCCN)c1Cl. The lowest BCUT2D eigenvalue weighted by Crippen LogP contribution is -2.14. The van der Waals surface area contributed by atoms with Gasteiger partial charge in [0, 0.05) is 19.2 Å². The van der Waals surface area contributed by atoms with Crippen LogP contribution in [0.25, 0.3) is 0 Å². The molecule has 0 aliphatic carbocycles. The number of nitro benzene ring substituents is 1. The van der Waals surface area contributed by atoms with Gasteiger partial charge in [-0.1, -0.05) is 11.6 Å². The van der Waals surface area contributed by atoms with Crippen LogP contribution in [0, 0.1) is 10.1 Å². The van der Waals surface area contributed by atoms with Gasteiger partial charge in [0.1, 0.15) is 16.5 Å². The van der Waals surface area contributed by atoms with Crippen LogP contribution in [0.3, 0.4) is 0 Å². The van der Waals surface area contributed by atoms with Crippen molar-refractivity contribution in [3.05, 3.63) is 27.3 Å². The third-order valence-electron chi connectivity index (χ3n) is 1.95. The molecule has 88 valence electrons. The molecule has 0 saturated carbocycles. The number of benzene rings is 1. The van der Waals surface area contributed by atoms with Gasteiger partial charge in [-0.3, -0.25) is 10.1 Å². The quantitative estimate of drug-likeness (QED) is 0.608. The van der Waals surface area contributed by atoms with E-state index in [1.807, 2.05) is 0 Å². The zero-order valence-electron chi connectivity index (χ0n) is 8.70. The number of nitrogens with one attached hydrogen (secondary N) is 1. The first-order chi connectivity index (χ1) is 7.61. The van der Waals surface area contributed by atoms with Crippen LogP contribution >= 0.6 is 11.6 Å². The van der Waals surface area contributed by atoms with Crippen molar-refractivity contribution in [2.75, 3.05) is 25.5 Å². The van der Waals surface area contributed by atoms with Crippen molar-refractivity contribution in [3.63, 3.8) is 0 Å². The molecule has 0 bridgehead atoms. The van der Waals surface area contributed by atoms with E-state index in [1.165, 1.54) is 19.2 Å². The third-order valence-corrected chi connectivity index (χ3v) is 2.32. The van der Waals surface area contributed by atoms with E-state index in [9.17, 15) is 10.1 Å². The maximum atomic E-state index is 10.8. The fourth-order valence-electron chi connectivity index (χ4n) is 1.22. The summed E-state index contributed by atoms with van der Waals surface area (Å²) in [5.41, 5.74) is 5.45. The largest absolute Gasteiger partial charge is 0.495 e. The number of methoxy groups -OCH3 is 1. The number of anilines is 1. The minimum absolute atomic E-state index is 0.0979. The fourth-order valence-corrected chi connectivity index (χ4v) is 1.53. The second-order valence-corrected chi connectivity index (χ2v) is 3.33. The predicted molar refractivity (Wildman–Crippen MR) is 62.2 cm³/mol. The molecule has 1 aromatic rings. The average molecular weight is 246 g/mol. The maximum absolute atomic E-state index is 10.8. The first-order valence-electron chi connectivity index (χ1n) is 4.56. The van der Waals surface area contributed by atoms with Gasteiger partial charge < -0.3 is 15.8 Å². The summed E-state index contributed by atoms with van der Waals surface area (Å²) >= 11 is 5.96. The zero-order chi connectivity index (χ0) is 12.1. The molecule has 7 heteroatoms. The Hall–Kier alpha value is -1.53. The van der Waals surface area contributed by atoms with Crippen molar-refractivity contribution >= 4 is 23.0 Å². The Morgan fingerprint density at radius 1 is 1.62 bits per heavy atom. The van der Waals surface area contributed by atoms with E-state index >= 15 is 0 Å². The fraction of sp³-hybridized carbons (Fsp3) is 0.333. The van der Waals surface area contributed by atoms with Crippen molar-refractivity contribution in [3.8, 4) is 5.75 Å². The summed E-state index contributed by atoms with van der Waals surface area (Å²) < 4.78 is 4.97. The van der Waals surface area contributed by atoms with Gasteiger partial charge in [-0.2, -0.15) is 0 Å². The molecule has 1 aromatic carbocycles. The highest BCUT2D eigenvalue weighted by Gasteiger charge is 2.19. The minimum atomic E-state index is -0.510. The molecule has 0 aliphatic heterocycles. The van der Waals surface area contributed by atoms with Crippen LogP contribution in [0.2, 0.25) is 5.02 Å². The molecule has 1 rings (SSSR count). The normalized spacial score (nSPS) is 9.94. The first-order valence-corrected chi connectivity index (χ1v) is 4.94. The standard InChI is InChI=1S/C9H12ClN3O3/c1-16-7-3-2-6(13(14)15)9(8(7)10)12-5-4-11/h2-3,12H,4-5,11H2,1H3. The van der Waals surface area contributed by atoms with Gasteiger partial charge in [-0.05, 0) is 6.07 Å². The number of nitro groups is 1. The van der Waals surface area contributed by atoms with Gasteiger partial charge in [-0.15, -0.1) is 0 Å². The number of nitrogens with zero attached hydrogens (tertiary/aromatic N) is 1. The van der Waals surface area contributed by atoms with Gasteiger partial charge in [0.25, 0.3) is 5.69 Å². The highest BCUT2D eigenvalue weighted by atomic mass is 35.5. The predicted octanol–water partition coefficient (Wildman–Crippen LogP) is 1.63. The molecule has 16 heavy (non-hydrogen) atoms. The van der Waals surface area contributed by atoms with Crippen molar-refractivity contribution in [1.82, 2.24) is 0 Å². The third kappa shape index (κ3) is 2.53. The lowest BCUT2D eigenvalue weighted by Gasteiger charge is -2.10. The molecule has 6 nitrogen and oxygen atoms in total.